The zero-order valence-electron chi connectivity index (χ0n) is 19.7. The van der Waals surface area contributed by atoms with Crippen molar-refractivity contribution in [2.75, 3.05) is 6.54 Å². The second kappa shape index (κ2) is 11.6. The zero-order valence-corrected chi connectivity index (χ0v) is 19.7. The maximum Gasteiger partial charge on any atom is 0.408 e. The first-order chi connectivity index (χ1) is 14.4. The lowest BCUT2D eigenvalue weighted by atomic mass is 10.0. The summed E-state index contributed by atoms with van der Waals surface area (Å²) in [6.07, 6.45) is 0.999. The molecule has 0 fully saturated rings. The van der Waals surface area contributed by atoms with E-state index < -0.39 is 23.6 Å². The van der Waals surface area contributed by atoms with Gasteiger partial charge in [-0.2, -0.15) is 0 Å². The summed E-state index contributed by atoms with van der Waals surface area (Å²) in [5.41, 5.74) is -0.204. The summed E-state index contributed by atoms with van der Waals surface area (Å²) in [6.45, 7) is 12.4. The number of alkyl carbamates (subject to hydrolysis) is 1. The van der Waals surface area contributed by atoms with E-state index in [4.69, 9.17) is 4.74 Å². The number of carbonyl (C=O) groups excluding carboxylic acids is 3. The third kappa shape index (κ3) is 8.86. The molecule has 0 aliphatic rings. The number of rotatable bonds is 9. The van der Waals surface area contributed by atoms with Gasteiger partial charge in [-0.05, 0) is 65.7 Å². The number of nitrogens with one attached hydrogen (secondary N) is 2. The summed E-state index contributed by atoms with van der Waals surface area (Å²) in [4.78, 5) is 39.7. The summed E-state index contributed by atoms with van der Waals surface area (Å²) < 4.78 is 5.18. The Morgan fingerprint density at radius 3 is 2.32 bits per heavy atom. The van der Waals surface area contributed by atoms with Crippen LogP contribution in [0.2, 0.25) is 0 Å². The Morgan fingerprint density at radius 1 is 1.16 bits per heavy atom. The number of nitrogens with zero attached hydrogens (tertiary/aromatic N) is 1. The SMILES string of the molecule is CCCC(C)NC(=O)C(c1cccc(O)c1)N(C(=O)CNC(=O)OC(C)(C)C)C(C)C. The Hall–Kier alpha value is -2.77. The van der Waals surface area contributed by atoms with Gasteiger partial charge in [0.2, 0.25) is 11.8 Å². The van der Waals surface area contributed by atoms with Crippen molar-refractivity contribution in [2.24, 2.45) is 0 Å². The average molecular weight is 436 g/mol. The van der Waals surface area contributed by atoms with Crippen LogP contribution in [0.1, 0.15) is 72.9 Å². The van der Waals surface area contributed by atoms with Crippen molar-refractivity contribution in [1.29, 1.82) is 0 Å². The lowest BCUT2D eigenvalue weighted by Gasteiger charge is -2.35. The van der Waals surface area contributed by atoms with Crippen molar-refractivity contribution >= 4 is 17.9 Å². The van der Waals surface area contributed by atoms with Crippen molar-refractivity contribution in [3.05, 3.63) is 29.8 Å². The van der Waals surface area contributed by atoms with Crippen LogP contribution >= 0.6 is 0 Å². The van der Waals surface area contributed by atoms with Gasteiger partial charge in [0.05, 0.1) is 0 Å². The second-order valence-electron chi connectivity index (χ2n) is 8.95. The van der Waals surface area contributed by atoms with E-state index in [9.17, 15) is 19.5 Å². The van der Waals surface area contributed by atoms with E-state index in [1.54, 1.807) is 46.8 Å². The van der Waals surface area contributed by atoms with Crippen LogP contribution in [0.3, 0.4) is 0 Å². The van der Waals surface area contributed by atoms with E-state index >= 15 is 0 Å². The number of phenolic OH excluding ortho intramolecular Hbond substituents is 1. The monoisotopic (exact) mass is 435 g/mol. The van der Waals surface area contributed by atoms with Gasteiger partial charge in [0.1, 0.15) is 23.9 Å². The van der Waals surface area contributed by atoms with Gasteiger partial charge >= 0.3 is 6.09 Å². The van der Waals surface area contributed by atoms with Gasteiger partial charge in [-0.1, -0.05) is 25.5 Å². The van der Waals surface area contributed by atoms with Crippen LogP contribution in [0.4, 0.5) is 4.79 Å². The van der Waals surface area contributed by atoms with Gasteiger partial charge in [0, 0.05) is 12.1 Å². The Balaban J connectivity index is 3.16. The molecule has 1 rings (SSSR count). The molecular weight excluding hydrogens is 398 g/mol. The first-order valence-corrected chi connectivity index (χ1v) is 10.7. The smallest absolute Gasteiger partial charge is 0.408 e. The van der Waals surface area contributed by atoms with Gasteiger partial charge in [-0.3, -0.25) is 9.59 Å². The molecule has 3 N–H and O–H groups in total. The highest BCUT2D eigenvalue weighted by molar-refractivity contribution is 5.90. The maximum atomic E-state index is 13.2. The summed E-state index contributed by atoms with van der Waals surface area (Å²) >= 11 is 0. The number of hydrogen-bond donors (Lipinski definition) is 3. The van der Waals surface area contributed by atoms with Gasteiger partial charge in [0.15, 0.2) is 0 Å². The van der Waals surface area contributed by atoms with Crippen LogP contribution < -0.4 is 10.6 Å². The lowest BCUT2D eigenvalue weighted by molar-refractivity contribution is -0.142. The fourth-order valence-corrected chi connectivity index (χ4v) is 3.24. The van der Waals surface area contributed by atoms with Crippen LogP contribution in [0.5, 0.6) is 5.75 Å². The average Bonchev–Trinajstić information content (AvgIpc) is 2.62. The van der Waals surface area contributed by atoms with Crippen LogP contribution in [0, 0.1) is 0 Å². The number of amides is 3. The van der Waals surface area contributed by atoms with Gasteiger partial charge in [0.25, 0.3) is 0 Å². The molecule has 2 atom stereocenters. The molecule has 8 nitrogen and oxygen atoms in total. The number of hydrogen-bond acceptors (Lipinski definition) is 5. The summed E-state index contributed by atoms with van der Waals surface area (Å²) in [5, 5.41) is 15.4. The molecule has 0 radical (unpaired) electrons. The van der Waals surface area contributed by atoms with E-state index in [1.165, 1.54) is 17.0 Å². The number of ether oxygens (including phenoxy) is 1. The largest absolute Gasteiger partial charge is 0.508 e. The third-order valence-corrected chi connectivity index (χ3v) is 4.45. The predicted molar refractivity (Wildman–Crippen MR) is 120 cm³/mol. The van der Waals surface area contributed by atoms with E-state index in [-0.39, 0.29) is 30.3 Å². The Labute approximate surface area is 185 Å². The Kier molecular flexibility index (Phi) is 9.81. The molecule has 0 aliphatic carbocycles. The highest BCUT2D eigenvalue weighted by Crippen LogP contribution is 2.27. The number of aromatic hydroxyl groups is 1. The van der Waals surface area contributed by atoms with Crippen molar-refractivity contribution in [2.45, 2.75) is 85.0 Å². The molecule has 2 unspecified atom stereocenters. The zero-order chi connectivity index (χ0) is 23.8. The number of phenols is 1. The van der Waals surface area contributed by atoms with Gasteiger partial charge < -0.3 is 25.4 Å². The van der Waals surface area contributed by atoms with E-state index in [0.29, 0.717) is 5.56 Å². The molecule has 31 heavy (non-hydrogen) atoms. The molecule has 174 valence electrons. The van der Waals surface area contributed by atoms with Crippen LogP contribution in [0.15, 0.2) is 24.3 Å². The molecule has 1 aromatic rings. The number of carbonyl (C=O) groups is 3. The van der Waals surface area contributed by atoms with Crippen LogP contribution in [0.25, 0.3) is 0 Å². The molecule has 0 aliphatic heterocycles. The highest BCUT2D eigenvalue weighted by Gasteiger charge is 2.34. The minimum Gasteiger partial charge on any atom is -0.508 e. The molecule has 8 heteroatoms. The van der Waals surface area contributed by atoms with Crippen LogP contribution in [-0.2, 0) is 14.3 Å². The molecule has 1 aromatic carbocycles. The topological polar surface area (TPSA) is 108 Å². The molecule has 3 amide bonds. The van der Waals surface area contributed by atoms with Crippen LogP contribution in [-0.4, -0.2) is 52.1 Å². The van der Waals surface area contributed by atoms with Crippen molar-refractivity contribution in [1.82, 2.24) is 15.5 Å². The minimum absolute atomic E-state index is 0.0000539. The molecule has 0 bridgehead atoms. The molecule has 0 heterocycles. The standard InChI is InChI=1S/C23H37N3O5/c1-8-10-16(4)25-21(29)20(17-11-9-12-18(27)13-17)26(15(2)3)19(28)14-24-22(30)31-23(5,6)7/h9,11-13,15-16,20,27H,8,10,14H2,1-7H3,(H,24,30)(H,25,29). The Morgan fingerprint density at radius 2 is 1.81 bits per heavy atom. The Bertz CT molecular complexity index is 758. The molecular formula is C23H37N3O5. The predicted octanol–water partition coefficient (Wildman–Crippen LogP) is 3.50. The third-order valence-electron chi connectivity index (χ3n) is 4.45. The van der Waals surface area contributed by atoms with E-state index in [0.717, 1.165) is 12.8 Å². The quantitative estimate of drug-likeness (QED) is 0.550. The maximum absolute atomic E-state index is 13.2. The minimum atomic E-state index is -0.959. The van der Waals surface area contributed by atoms with Crippen molar-refractivity contribution in [3.63, 3.8) is 0 Å². The molecule has 0 saturated heterocycles. The van der Waals surface area contributed by atoms with Gasteiger partial charge in [-0.15, -0.1) is 0 Å². The fourth-order valence-electron chi connectivity index (χ4n) is 3.24. The first kappa shape index (κ1) is 26.3. The van der Waals surface area contributed by atoms with Crippen molar-refractivity contribution < 1.29 is 24.2 Å². The van der Waals surface area contributed by atoms with Gasteiger partial charge in [-0.25, -0.2) is 4.79 Å². The van der Waals surface area contributed by atoms with E-state index in [1.807, 2.05) is 13.8 Å². The summed E-state index contributed by atoms with van der Waals surface area (Å²) in [6, 6.07) is 4.93. The van der Waals surface area contributed by atoms with Crippen molar-refractivity contribution in [3.8, 4) is 5.75 Å². The second-order valence-corrected chi connectivity index (χ2v) is 8.95. The molecule has 0 saturated carbocycles. The molecule has 0 aromatic heterocycles. The molecule has 0 spiro atoms. The summed E-state index contributed by atoms with van der Waals surface area (Å²) in [5.74, 6) is -0.779. The number of benzene rings is 1. The first-order valence-electron chi connectivity index (χ1n) is 10.7. The summed E-state index contributed by atoms with van der Waals surface area (Å²) in [7, 11) is 0. The van der Waals surface area contributed by atoms with E-state index in [2.05, 4.69) is 10.6 Å². The fraction of sp³-hybridized carbons (Fsp3) is 0.609. The normalized spacial score (nSPS) is 13.3. The highest BCUT2D eigenvalue weighted by atomic mass is 16.6. The lowest BCUT2D eigenvalue weighted by Crippen LogP contribution is -2.51.